The highest BCUT2D eigenvalue weighted by Gasteiger charge is 2.60. The maximum atomic E-state index is 14.1. The van der Waals surface area contributed by atoms with Crippen molar-refractivity contribution in [3.63, 3.8) is 0 Å². The molecule has 0 saturated heterocycles. The average molecular weight is 516 g/mol. The molecule has 1 saturated carbocycles. The van der Waals surface area contributed by atoms with Crippen LogP contribution >= 0.6 is 11.6 Å². The van der Waals surface area contributed by atoms with Gasteiger partial charge in [-0.1, -0.05) is 17.7 Å². The molecule has 11 nitrogen and oxygen atoms in total. The molecule has 182 valence electrons. The molecule has 34 heavy (non-hydrogen) atoms. The molecular weight excluding hydrogens is 496 g/mol. The normalized spacial score (nSPS) is 18.8. The van der Waals surface area contributed by atoms with E-state index >= 15 is 0 Å². The molecule has 0 bridgehead atoms. The van der Waals surface area contributed by atoms with Crippen molar-refractivity contribution in [2.75, 3.05) is 18.9 Å². The minimum Gasteiger partial charge on any atom is -0.481 e. The molecule has 3 heterocycles. The summed E-state index contributed by atoms with van der Waals surface area (Å²) in [5, 5.41) is 6.79. The highest BCUT2D eigenvalue weighted by Crippen LogP contribution is 2.54. The summed E-state index contributed by atoms with van der Waals surface area (Å²) in [6.07, 6.45) is 1.04. The smallest absolute Gasteiger partial charge is 0.271 e. The van der Waals surface area contributed by atoms with Crippen LogP contribution < -0.4 is 9.46 Å². The number of pyridine rings is 1. The number of nitrogens with zero attached hydrogens (tertiary/aromatic N) is 6. The van der Waals surface area contributed by atoms with Crippen LogP contribution in [0.3, 0.4) is 0 Å². The number of hydrogen-bond donors (Lipinski definition) is 1. The van der Waals surface area contributed by atoms with Gasteiger partial charge in [-0.2, -0.15) is 0 Å². The van der Waals surface area contributed by atoms with Gasteiger partial charge >= 0.3 is 0 Å². The monoisotopic (exact) mass is 515 g/mol. The second-order valence-corrected chi connectivity index (χ2v) is 10.0. The van der Waals surface area contributed by atoms with Gasteiger partial charge in [0.25, 0.3) is 5.92 Å². The molecule has 4 rings (SSSR count). The summed E-state index contributed by atoms with van der Waals surface area (Å²) in [6.45, 7) is 1.37. The lowest BCUT2D eigenvalue weighted by atomic mass is 10.2. The molecular formula is C19H20ClF2N7O4S. The van der Waals surface area contributed by atoms with Crippen molar-refractivity contribution in [3.05, 3.63) is 41.4 Å². The van der Waals surface area contributed by atoms with Crippen LogP contribution in [0.1, 0.15) is 31.3 Å². The lowest BCUT2D eigenvalue weighted by Gasteiger charge is -2.22. The molecule has 0 radical (unpaired) electrons. The number of methoxy groups -OCH3 is 2. The number of rotatable bonds is 9. The Hall–Kier alpha value is -2.97. The van der Waals surface area contributed by atoms with Crippen molar-refractivity contribution < 1.29 is 26.7 Å². The van der Waals surface area contributed by atoms with Gasteiger partial charge in [-0.25, -0.2) is 32.2 Å². The van der Waals surface area contributed by atoms with Crippen molar-refractivity contribution in [2.45, 2.75) is 36.7 Å². The fourth-order valence-electron chi connectivity index (χ4n) is 3.32. The van der Waals surface area contributed by atoms with Crippen molar-refractivity contribution in [1.82, 2.24) is 29.7 Å². The third-order valence-electron chi connectivity index (χ3n) is 5.26. The van der Waals surface area contributed by atoms with Crippen LogP contribution in [0.15, 0.2) is 30.6 Å². The van der Waals surface area contributed by atoms with Crippen LogP contribution in [0.25, 0.3) is 11.5 Å². The maximum Gasteiger partial charge on any atom is 0.271 e. The molecule has 1 aliphatic carbocycles. The van der Waals surface area contributed by atoms with Crippen LogP contribution in [0.2, 0.25) is 5.02 Å². The molecule has 3 aromatic heterocycles. The third kappa shape index (κ3) is 4.65. The van der Waals surface area contributed by atoms with E-state index in [0.717, 1.165) is 4.57 Å². The molecule has 0 aromatic carbocycles. The van der Waals surface area contributed by atoms with Gasteiger partial charge < -0.3 is 9.47 Å². The number of sulfonamides is 1. The molecule has 1 fully saturated rings. The Balaban J connectivity index is 1.69. The van der Waals surface area contributed by atoms with E-state index in [-0.39, 0.29) is 34.2 Å². The quantitative estimate of drug-likeness (QED) is 0.456. The van der Waals surface area contributed by atoms with E-state index in [1.165, 1.54) is 39.6 Å². The zero-order chi connectivity index (χ0) is 24.7. The van der Waals surface area contributed by atoms with Crippen molar-refractivity contribution >= 4 is 27.6 Å². The second kappa shape index (κ2) is 9.00. The van der Waals surface area contributed by atoms with Gasteiger partial charge in [-0.15, -0.1) is 10.2 Å². The van der Waals surface area contributed by atoms with Gasteiger partial charge in [0.1, 0.15) is 23.1 Å². The summed E-state index contributed by atoms with van der Waals surface area (Å²) in [5.41, 5.74) is 0.192. The number of ether oxygens (including phenoxy) is 2. The minimum absolute atomic E-state index is 0.0317. The Morgan fingerprint density at radius 3 is 2.50 bits per heavy atom. The Bertz CT molecular complexity index is 1290. The summed E-state index contributed by atoms with van der Waals surface area (Å²) in [7, 11) is -1.53. The van der Waals surface area contributed by atoms with Gasteiger partial charge in [-0.05, 0) is 13.0 Å². The standard InChI is InChI=1S/C19H20ClF2N7O4S/c1-10(15(33-3)16-23-8-11(20)9-24-16)34(30,31)28-18-27-26-17(29(18)13-7-19(13,21)22)12-5-4-6-14(25-12)32-2/h4-6,8-10,13,15H,7H2,1-3H3,(H,27,28)/t10?,13-,15?/m0/s1. The average Bonchev–Trinajstić information content (AvgIpc) is 3.24. The van der Waals surface area contributed by atoms with Crippen LogP contribution in [0.5, 0.6) is 5.88 Å². The highest BCUT2D eigenvalue weighted by molar-refractivity contribution is 7.93. The first-order valence-electron chi connectivity index (χ1n) is 9.93. The molecule has 3 atom stereocenters. The zero-order valence-corrected chi connectivity index (χ0v) is 19.8. The van der Waals surface area contributed by atoms with Crippen LogP contribution in [0, 0.1) is 0 Å². The summed E-state index contributed by atoms with van der Waals surface area (Å²) in [4.78, 5) is 12.2. The summed E-state index contributed by atoms with van der Waals surface area (Å²) < 4.78 is 68.2. The number of nitrogens with one attached hydrogen (secondary N) is 1. The van der Waals surface area contributed by atoms with E-state index in [0.29, 0.717) is 0 Å². The van der Waals surface area contributed by atoms with E-state index in [1.807, 2.05) is 0 Å². The topological polar surface area (TPSA) is 134 Å². The number of hydrogen-bond acceptors (Lipinski definition) is 9. The lowest BCUT2D eigenvalue weighted by Crippen LogP contribution is -2.33. The fraction of sp³-hybridized carbons (Fsp3) is 0.421. The third-order valence-corrected chi connectivity index (χ3v) is 7.15. The van der Waals surface area contributed by atoms with E-state index in [2.05, 4.69) is 29.9 Å². The largest absolute Gasteiger partial charge is 0.481 e. The van der Waals surface area contributed by atoms with Crippen LogP contribution in [-0.4, -0.2) is 63.5 Å². The molecule has 2 unspecified atom stereocenters. The first kappa shape index (κ1) is 24.2. The van der Waals surface area contributed by atoms with Gasteiger partial charge in [0.2, 0.25) is 21.9 Å². The van der Waals surface area contributed by atoms with E-state index < -0.39 is 39.8 Å². The Morgan fingerprint density at radius 2 is 1.91 bits per heavy atom. The Morgan fingerprint density at radius 1 is 1.24 bits per heavy atom. The number of alkyl halides is 2. The second-order valence-electron chi connectivity index (χ2n) is 7.53. The maximum absolute atomic E-state index is 14.1. The van der Waals surface area contributed by atoms with Gasteiger partial charge in [-0.3, -0.25) is 9.29 Å². The summed E-state index contributed by atoms with van der Waals surface area (Å²) in [6, 6.07) is 3.37. The van der Waals surface area contributed by atoms with Crippen molar-refractivity contribution in [2.24, 2.45) is 0 Å². The molecule has 0 spiro atoms. The predicted molar refractivity (Wildman–Crippen MR) is 117 cm³/mol. The Labute approximate surface area is 198 Å². The number of aromatic nitrogens is 6. The van der Waals surface area contributed by atoms with Gasteiger partial charge in [0.05, 0.1) is 12.1 Å². The number of anilines is 1. The minimum atomic E-state index is -4.23. The fourth-order valence-corrected chi connectivity index (χ4v) is 4.56. The molecule has 0 amide bonds. The van der Waals surface area contributed by atoms with Crippen molar-refractivity contribution in [3.8, 4) is 17.4 Å². The van der Waals surface area contributed by atoms with Crippen LogP contribution in [0.4, 0.5) is 14.7 Å². The van der Waals surface area contributed by atoms with E-state index in [1.54, 1.807) is 12.1 Å². The van der Waals surface area contributed by atoms with Crippen molar-refractivity contribution in [1.29, 1.82) is 0 Å². The zero-order valence-electron chi connectivity index (χ0n) is 18.2. The lowest BCUT2D eigenvalue weighted by molar-refractivity contribution is 0.0949. The molecule has 15 heteroatoms. The number of halogens is 3. The van der Waals surface area contributed by atoms with E-state index in [9.17, 15) is 17.2 Å². The summed E-state index contributed by atoms with van der Waals surface area (Å²) in [5.74, 6) is -3.14. The molecule has 1 aliphatic rings. The predicted octanol–water partition coefficient (Wildman–Crippen LogP) is 2.89. The molecule has 1 N–H and O–H groups in total. The Kier molecular flexibility index (Phi) is 6.40. The highest BCUT2D eigenvalue weighted by atomic mass is 35.5. The SMILES string of the molecule is COc1cccc(-c2nnc(NS(=O)(=O)C(C)C(OC)c3ncc(Cl)cn3)n2[C@H]2CC2(F)F)n1. The molecule has 3 aromatic rings. The van der Waals surface area contributed by atoms with Gasteiger partial charge in [0.15, 0.2) is 11.6 Å². The first-order valence-corrected chi connectivity index (χ1v) is 11.9. The summed E-state index contributed by atoms with van der Waals surface area (Å²) >= 11 is 5.80. The first-order chi connectivity index (χ1) is 16.1. The van der Waals surface area contributed by atoms with Crippen LogP contribution in [-0.2, 0) is 14.8 Å². The van der Waals surface area contributed by atoms with Gasteiger partial charge in [0, 0.05) is 32.0 Å². The molecule has 0 aliphatic heterocycles. The van der Waals surface area contributed by atoms with E-state index in [4.69, 9.17) is 21.1 Å².